The van der Waals surface area contributed by atoms with Crippen molar-refractivity contribution < 1.29 is 18.1 Å². The molecule has 1 unspecified atom stereocenters. The van der Waals surface area contributed by atoms with Crippen molar-refractivity contribution in [2.75, 3.05) is 12.3 Å². The molecule has 36 heavy (non-hydrogen) atoms. The monoisotopic (exact) mass is 595 g/mol. The molecule has 2 aromatic heterocycles. The zero-order valence-electron chi connectivity index (χ0n) is 19.6. The summed E-state index contributed by atoms with van der Waals surface area (Å²) >= 11 is 1.46. The third-order valence-electron chi connectivity index (χ3n) is 5.56. The van der Waals surface area contributed by atoms with Crippen LogP contribution in [-0.4, -0.2) is 45.8 Å². The van der Waals surface area contributed by atoms with Crippen molar-refractivity contribution >= 4 is 49.8 Å². The quantitative estimate of drug-likeness (QED) is 0.129. The number of thioether (sulfide) groups is 1. The third kappa shape index (κ3) is 6.41. The molecule has 0 saturated carbocycles. The van der Waals surface area contributed by atoms with Crippen LogP contribution in [0.15, 0.2) is 64.9 Å². The van der Waals surface area contributed by atoms with Gasteiger partial charge in [0.25, 0.3) is 0 Å². The molecule has 0 radical (unpaired) electrons. The summed E-state index contributed by atoms with van der Waals surface area (Å²) < 4.78 is 30.9. The number of nitrogens with zero attached hydrogens (tertiary/aromatic N) is 5. The van der Waals surface area contributed by atoms with Crippen LogP contribution in [-0.2, 0) is 17.1 Å². The van der Waals surface area contributed by atoms with Gasteiger partial charge in [0.15, 0.2) is 0 Å². The maximum absolute atomic E-state index is 13.2. The Kier molecular flexibility index (Phi) is 10.4. The lowest BCUT2D eigenvalue weighted by Crippen LogP contribution is -2.32. The molecule has 9 nitrogen and oxygen atoms in total. The van der Waals surface area contributed by atoms with E-state index in [1.165, 1.54) is 28.7 Å². The number of rotatable bonds is 9. The fraction of sp³-hybridized carbons (Fsp3) is 0.333. The van der Waals surface area contributed by atoms with Crippen molar-refractivity contribution in [3.8, 4) is 11.4 Å². The summed E-state index contributed by atoms with van der Waals surface area (Å²) in [5.41, 5.74) is 2.07. The number of halogens is 1. The number of aryl methyl sites for hydroxylation is 1. The molecule has 2 aromatic carbocycles. The average Bonchev–Trinajstić information content (AvgIpc) is 3.26. The molecule has 0 aliphatic carbocycles. The highest BCUT2D eigenvalue weighted by molar-refractivity contribution is 8.93. The van der Waals surface area contributed by atoms with E-state index in [-0.39, 0.29) is 53.2 Å². The number of aromatic hydroxyl groups is 1. The Labute approximate surface area is 226 Å². The molecule has 12 heteroatoms. The molecule has 0 fully saturated rings. The Balaban J connectivity index is 0.00000228. The lowest BCUT2D eigenvalue weighted by molar-refractivity contribution is -0.713. The molecule has 4 aromatic rings. The normalized spacial score (nSPS) is 12.1. The highest BCUT2D eigenvalue weighted by atomic mass is 79.9. The molecule has 0 aliphatic heterocycles. The number of benzene rings is 2. The standard InChI is InChI=1S/C23H26N6O3S2.CH4.BrH/c1-4-16(2)18-14-17(34(31,32)25-11-13-33-23-24-10-7-12-28(23)3)15-21(22(18)30)29-26-19-8-5-6-9-20(19)27-29;;/h5-10,12,14-16,25H,4,11,13H2,1-3H3;1H4;1H/p+1. The van der Waals surface area contributed by atoms with Gasteiger partial charge in [0.05, 0.1) is 18.1 Å². The van der Waals surface area contributed by atoms with Gasteiger partial charge in [-0.1, -0.05) is 33.4 Å². The van der Waals surface area contributed by atoms with Crippen LogP contribution in [0.4, 0.5) is 0 Å². The van der Waals surface area contributed by atoms with Crippen molar-refractivity contribution in [3.63, 3.8) is 0 Å². The van der Waals surface area contributed by atoms with E-state index in [1.807, 2.05) is 62.0 Å². The van der Waals surface area contributed by atoms with Gasteiger partial charge in [-0.2, -0.15) is 0 Å². The smallest absolute Gasteiger partial charge is 0.358 e. The molecule has 1 atom stereocenters. The summed E-state index contributed by atoms with van der Waals surface area (Å²) in [6.07, 6.45) is 4.32. The summed E-state index contributed by atoms with van der Waals surface area (Å²) in [4.78, 5) is 5.64. The van der Waals surface area contributed by atoms with E-state index in [1.54, 1.807) is 6.20 Å². The average molecular weight is 597 g/mol. The van der Waals surface area contributed by atoms with E-state index in [9.17, 15) is 13.5 Å². The lowest BCUT2D eigenvalue weighted by Gasteiger charge is -2.17. The second-order valence-corrected chi connectivity index (χ2v) is 10.8. The van der Waals surface area contributed by atoms with Gasteiger partial charge in [0.2, 0.25) is 10.0 Å². The van der Waals surface area contributed by atoms with Gasteiger partial charge >= 0.3 is 5.16 Å². The second-order valence-electron chi connectivity index (χ2n) is 7.93. The number of fused-ring (bicyclic) bond motifs is 1. The predicted octanol–water partition coefficient (Wildman–Crippen LogP) is 4.14. The Hall–Kier alpha value is -2.54. The van der Waals surface area contributed by atoms with E-state index >= 15 is 0 Å². The van der Waals surface area contributed by atoms with E-state index in [0.717, 1.165) is 11.6 Å². The first-order valence-electron chi connectivity index (χ1n) is 10.9. The number of nitrogens with one attached hydrogen (secondary N) is 1. The third-order valence-corrected chi connectivity index (χ3v) is 8.06. The fourth-order valence-corrected chi connectivity index (χ4v) is 5.46. The first kappa shape index (κ1) is 29.7. The molecular formula is C24H32BrN6O3S2+. The minimum Gasteiger partial charge on any atom is -0.505 e. The molecule has 4 rings (SSSR count). The Bertz CT molecular complexity index is 1400. The van der Waals surface area contributed by atoms with E-state index in [0.29, 0.717) is 22.3 Å². The van der Waals surface area contributed by atoms with Crippen LogP contribution < -0.4 is 9.29 Å². The zero-order valence-corrected chi connectivity index (χ0v) is 23.0. The summed E-state index contributed by atoms with van der Waals surface area (Å²) in [5, 5.41) is 20.6. The Morgan fingerprint density at radius 2 is 1.83 bits per heavy atom. The maximum atomic E-state index is 13.2. The topological polar surface area (TPSA) is 114 Å². The Morgan fingerprint density at radius 1 is 1.17 bits per heavy atom. The summed E-state index contributed by atoms with van der Waals surface area (Å²) in [7, 11) is -1.95. The first-order chi connectivity index (χ1) is 16.3. The van der Waals surface area contributed by atoms with Crippen molar-refractivity contribution in [2.45, 2.75) is 43.7 Å². The number of hydrogen-bond donors (Lipinski definition) is 2. The molecule has 2 N–H and O–H groups in total. The van der Waals surface area contributed by atoms with Gasteiger partial charge in [-0.15, -0.1) is 32.0 Å². The molecule has 0 aliphatic rings. The van der Waals surface area contributed by atoms with Gasteiger partial charge < -0.3 is 5.11 Å². The molecule has 2 heterocycles. The van der Waals surface area contributed by atoms with Gasteiger partial charge in [-0.3, -0.25) is 0 Å². The number of aromatic nitrogens is 5. The van der Waals surface area contributed by atoms with Gasteiger partial charge in [0, 0.05) is 23.9 Å². The maximum Gasteiger partial charge on any atom is 0.358 e. The minimum atomic E-state index is -3.84. The Morgan fingerprint density at radius 3 is 2.44 bits per heavy atom. The lowest BCUT2D eigenvalue weighted by atomic mass is 9.97. The van der Waals surface area contributed by atoms with Crippen LogP contribution in [0.5, 0.6) is 5.75 Å². The second kappa shape index (κ2) is 12.6. The van der Waals surface area contributed by atoms with Crippen LogP contribution in [0.3, 0.4) is 0 Å². The molecule has 0 amide bonds. The van der Waals surface area contributed by atoms with Gasteiger partial charge in [0.1, 0.15) is 28.7 Å². The van der Waals surface area contributed by atoms with Crippen LogP contribution in [0.25, 0.3) is 16.7 Å². The SMILES string of the molecule is Br.C.CCC(C)c1cc(S(=O)(=O)NCCSc2nccc[n+]2C)cc(-n2nc3ccccc3n2)c1O. The van der Waals surface area contributed by atoms with Gasteiger partial charge in [-0.05, 0) is 53.4 Å². The van der Waals surface area contributed by atoms with Crippen LogP contribution in [0.1, 0.15) is 39.2 Å². The molecule has 194 valence electrons. The van der Waals surface area contributed by atoms with E-state index in [4.69, 9.17) is 0 Å². The zero-order chi connectivity index (χ0) is 24.3. The molecule has 0 saturated heterocycles. The summed E-state index contributed by atoms with van der Waals surface area (Å²) in [6, 6.07) is 12.1. The van der Waals surface area contributed by atoms with E-state index in [2.05, 4.69) is 19.9 Å². The molecule has 0 bridgehead atoms. The number of hydrogen-bond acceptors (Lipinski definition) is 7. The highest BCUT2D eigenvalue weighted by Crippen LogP contribution is 2.35. The summed E-state index contributed by atoms with van der Waals surface area (Å²) in [6.45, 7) is 4.15. The van der Waals surface area contributed by atoms with Crippen LogP contribution >= 0.6 is 28.7 Å². The van der Waals surface area contributed by atoms with Gasteiger partial charge in [-0.25, -0.2) is 17.7 Å². The van der Waals surface area contributed by atoms with Crippen molar-refractivity contribution in [2.24, 2.45) is 7.05 Å². The van der Waals surface area contributed by atoms with Crippen molar-refractivity contribution in [1.82, 2.24) is 24.7 Å². The summed E-state index contributed by atoms with van der Waals surface area (Å²) in [5.74, 6) is 0.435. The molecule has 0 spiro atoms. The predicted molar refractivity (Wildman–Crippen MR) is 148 cm³/mol. The largest absolute Gasteiger partial charge is 0.505 e. The highest BCUT2D eigenvalue weighted by Gasteiger charge is 2.23. The van der Waals surface area contributed by atoms with Crippen molar-refractivity contribution in [3.05, 3.63) is 60.4 Å². The number of sulfonamides is 1. The number of phenols is 1. The number of phenolic OH excluding ortho intramolecular Hbond substituents is 1. The molecular weight excluding hydrogens is 564 g/mol. The van der Waals surface area contributed by atoms with Crippen molar-refractivity contribution in [1.29, 1.82) is 0 Å². The van der Waals surface area contributed by atoms with Crippen LogP contribution in [0.2, 0.25) is 0 Å². The fourth-order valence-electron chi connectivity index (χ4n) is 3.45. The van der Waals surface area contributed by atoms with E-state index < -0.39 is 10.0 Å². The van der Waals surface area contributed by atoms with Crippen LogP contribution in [0, 0.1) is 0 Å². The first-order valence-corrected chi connectivity index (χ1v) is 13.4. The minimum absolute atomic E-state index is 0.